The van der Waals surface area contributed by atoms with Gasteiger partial charge in [0.15, 0.2) is 17.3 Å². The van der Waals surface area contributed by atoms with Crippen LogP contribution in [0.3, 0.4) is 0 Å². The second-order valence-corrected chi connectivity index (χ2v) is 7.19. The smallest absolute Gasteiger partial charge is 0.195 e. The summed E-state index contributed by atoms with van der Waals surface area (Å²) in [4.78, 5) is 6.80. The summed E-state index contributed by atoms with van der Waals surface area (Å²) < 4.78 is 11.6. The molecule has 0 aliphatic carbocycles. The van der Waals surface area contributed by atoms with Gasteiger partial charge in [0, 0.05) is 25.6 Å². The molecule has 0 atom stereocenters. The highest BCUT2D eigenvalue weighted by atomic mass is 16.5. The number of oxazole rings is 1. The van der Waals surface area contributed by atoms with E-state index in [2.05, 4.69) is 26.1 Å². The number of rotatable bonds is 6. The van der Waals surface area contributed by atoms with Gasteiger partial charge in [0.25, 0.3) is 0 Å². The summed E-state index contributed by atoms with van der Waals surface area (Å²) in [5, 5.41) is 8.46. The van der Waals surface area contributed by atoms with E-state index < -0.39 is 0 Å². The first kappa shape index (κ1) is 17.8. The highest BCUT2D eigenvalue weighted by molar-refractivity contribution is 5.74. The molecule has 1 fully saturated rings. The van der Waals surface area contributed by atoms with Crippen molar-refractivity contribution in [3.63, 3.8) is 0 Å². The fourth-order valence-corrected chi connectivity index (χ4v) is 3.55. The molecule has 1 aromatic carbocycles. The summed E-state index contributed by atoms with van der Waals surface area (Å²) in [7, 11) is 0. The number of anilines is 1. The van der Waals surface area contributed by atoms with Gasteiger partial charge >= 0.3 is 0 Å². The van der Waals surface area contributed by atoms with Crippen LogP contribution in [0.1, 0.15) is 37.8 Å². The Balaban J connectivity index is 1.25. The van der Waals surface area contributed by atoms with Crippen LogP contribution in [-0.4, -0.2) is 34.9 Å². The second kappa shape index (κ2) is 7.94. The maximum atomic E-state index is 5.97. The molecule has 0 radical (unpaired) electrons. The second-order valence-electron chi connectivity index (χ2n) is 7.19. The van der Waals surface area contributed by atoms with Crippen LogP contribution in [-0.2, 0) is 6.42 Å². The Morgan fingerprint density at radius 3 is 2.74 bits per heavy atom. The molecule has 3 heterocycles. The third kappa shape index (κ3) is 4.21. The molecule has 0 N–H and O–H groups in total. The first-order chi connectivity index (χ1) is 13.2. The minimum absolute atomic E-state index is 0.696. The first-order valence-corrected chi connectivity index (χ1v) is 9.79. The van der Waals surface area contributed by atoms with Crippen molar-refractivity contribution in [3.8, 4) is 5.75 Å². The van der Waals surface area contributed by atoms with Gasteiger partial charge in [-0.3, -0.25) is 0 Å². The van der Waals surface area contributed by atoms with Crippen molar-refractivity contribution in [3.05, 3.63) is 41.9 Å². The molecule has 142 valence electrons. The minimum Gasteiger partial charge on any atom is -0.494 e. The lowest BCUT2D eigenvalue weighted by Crippen LogP contribution is -2.34. The van der Waals surface area contributed by atoms with E-state index in [-0.39, 0.29) is 0 Å². The van der Waals surface area contributed by atoms with Crippen LogP contribution in [0, 0.1) is 12.8 Å². The number of nitrogens with zero attached hydrogens (tertiary/aromatic N) is 4. The van der Waals surface area contributed by atoms with E-state index in [0.717, 1.165) is 66.8 Å². The molecular formula is C21H26N4O2. The van der Waals surface area contributed by atoms with E-state index in [1.807, 2.05) is 38.1 Å². The zero-order chi connectivity index (χ0) is 18.6. The molecular weight excluding hydrogens is 340 g/mol. The molecule has 6 heteroatoms. The predicted molar refractivity (Wildman–Crippen MR) is 105 cm³/mol. The molecule has 0 unspecified atom stereocenters. The highest BCUT2D eigenvalue weighted by Gasteiger charge is 2.20. The molecule has 0 saturated carbocycles. The molecule has 6 nitrogen and oxygen atoms in total. The summed E-state index contributed by atoms with van der Waals surface area (Å²) in [5.41, 5.74) is 2.66. The van der Waals surface area contributed by atoms with Crippen molar-refractivity contribution in [1.82, 2.24) is 15.2 Å². The zero-order valence-corrected chi connectivity index (χ0v) is 16.0. The van der Waals surface area contributed by atoms with Crippen LogP contribution >= 0.6 is 0 Å². The number of aromatic nitrogens is 3. The van der Waals surface area contributed by atoms with E-state index >= 15 is 0 Å². The van der Waals surface area contributed by atoms with E-state index in [1.165, 1.54) is 12.8 Å². The van der Waals surface area contributed by atoms with Crippen LogP contribution in [0.25, 0.3) is 11.1 Å². The summed E-state index contributed by atoms with van der Waals surface area (Å²) in [5.74, 6) is 3.32. The van der Waals surface area contributed by atoms with Crippen LogP contribution in [0.15, 0.2) is 34.7 Å². The normalized spacial score (nSPS) is 15.4. The van der Waals surface area contributed by atoms with Crippen molar-refractivity contribution in [2.24, 2.45) is 5.92 Å². The van der Waals surface area contributed by atoms with Crippen molar-refractivity contribution >= 4 is 16.9 Å². The van der Waals surface area contributed by atoms with E-state index in [4.69, 9.17) is 9.15 Å². The molecule has 1 aliphatic heterocycles. The van der Waals surface area contributed by atoms with Crippen molar-refractivity contribution in [2.45, 2.75) is 39.5 Å². The van der Waals surface area contributed by atoms with Gasteiger partial charge < -0.3 is 14.1 Å². The number of benzene rings is 1. The Labute approximate surface area is 159 Å². The van der Waals surface area contributed by atoms with Crippen molar-refractivity contribution in [2.75, 3.05) is 24.6 Å². The number of hydrogen-bond donors (Lipinski definition) is 0. The first-order valence-electron chi connectivity index (χ1n) is 9.79. The molecule has 1 aliphatic rings. The molecule has 0 amide bonds. The van der Waals surface area contributed by atoms with Gasteiger partial charge in [-0.2, -0.15) is 5.10 Å². The van der Waals surface area contributed by atoms with Crippen LogP contribution in [0.5, 0.6) is 5.75 Å². The maximum absolute atomic E-state index is 5.97. The number of aryl methyl sites for hydroxylation is 2. The van der Waals surface area contributed by atoms with E-state index in [1.54, 1.807) is 0 Å². The molecule has 4 rings (SSSR count). The van der Waals surface area contributed by atoms with Crippen molar-refractivity contribution in [1.29, 1.82) is 0 Å². The molecule has 3 aromatic rings. The third-order valence-corrected chi connectivity index (χ3v) is 5.22. The van der Waals surface area contributed by atoms with Gasteiger partial charge in [-0.1, -0.05) is 6.92 Å². The Kier molecular flexibility index (Phi) is 5.23. The van der Waals surface area contributed by atoms with Gasteiger partial charge in [-0.05, 0) is 56.4 Å². The predicted octanol–water partition coefficient (Wildman–Crippen LogP) is 4.17. The Morgan fingerprint density at radius 2 is 2.00 bits per heavy atom. The van der Waals surface area contributed by atoms with Crippen molar-refractivity contribution < 1.29 is 9.15 Å². The average molecular weight is 366 g/mol. The topological polar surface area (TPSA) is 64.3 Å². The van der Waals surface area contributed by atoms with Gasteiger partial charge in [-0.25, -0.2) is 4.98 Å². The van der Waals surface area contributed by atoms with Crippen LogP contribution in [0.4, 0.5) is 5.82 Å². The lowest BCUT2D eigenvalue weighted by Gasteiger charge is -2.32. The lowest BCUT2D eigenvalue weighted by molar-refractivity contribution is 0.258. The largest absolute Gasteiger partial charge is 0.494 e. The van der Waals surface area contributed by atoms with E-state index in [9.17, 15) is 0 Å². The maximum Gasteiger partial charge on any atom is 0.195 e. The summed E-state index contributed by atoms with van der Waals surface area (Å²) in [6, 6.07) is 9.97. The Bertz CT molecular complexity index is 883. The molecule has 27 heavy (non-hydrogen) atoms. The van der Waals surface area contributed by atoms with Crippen LogP contribution in [0.2, 0.25) is 0 Å². The van der Waals surface area contributed by atoms with Gasteiger partial charge in [-0.15, -0.1) is 5.10 Å². The summed E-state index contributed by atoms with van der Waals surface area (Å²) >= 11 is 0. The van der Waals surface area contributed by atoms with Gasteiger partial charge in [0.1, 0.15) is 11.3 Å². The Morgan fingerprint density at radius 1 is 1.15 bits per heavy atom. The van der Waals surface area contributed by atoms with Gasteiger partial charge in [0.2, 0.25) is 0 Å². The molecule has 1 saturated heterocycles. The molecule has 0 spiro atoms. The Hall–Kier alpha value is -2.63. The van der Waals surface area contributed by atoms with Gasteiger partial charge in [0.05, 0.1) is 12.3 Å². The fourth-order valence-electron chi connectivity index (χ4n) is 3.55. The monoisotopic (exact) mass is 366 g/mol. The number of piperidine rings is 1. The lowest BCUT2D eigenvalue weighted by atomic mass is 9.94. The van der Waals surface area contributed by atoms with Crippen LogP contribution < -0.4 is 9.64 Å². The molecule has 0 bridgehead atoms. The number of ether oxygens (including phenoxy) is 1. The number of fused-ring (bicyclic) bond motifs is 1. The number of hydrogen-bond acceptors (Lipinski definition) is 6. The summed E-state index contributed by atoms with van der Waals surface area (Å²) in [6.07, 6.45) is 4.21. The standard InChI is InChI=1S/C21H26N4O2/c1-3-21-22-18-14-17(5-6-19(18)27-21)26-13-10-16-8-11-25(12-9-16)20-7-4-15(2)23-24-20/h4-7,14,16H,3,8-13H2,1-2H3. The fraction of sp³-hybridized carbons (Fsp3) is 0.476. The zero-order valence-electron chi connectivity index (χ0n) is 16.0. The average Bonchev–Trinajstić information content (AvgIpc) is 3.12. The van der Waals surface area contributed by atoms with E-state index in [0.29, 0.717) is 5.92 Å². The minimum atomic E-state index is 0.696. The SMILES string of the molecule is CCc1nc2cc(OCCC3CCN(c4ccc(C)nn4)CC3)ccc2o1. The molecule has 2 aromatic heterocycles. The highest BCUT2D eigenvalue weighted by Crippen LogP contribution is 2.25. The quantitative estimate of drug-likeness (QED) is 0.652. The summed E-state index contributed by atoms with van der Waals surface area (Å²) in [6.45, 7) is 6.81. The third-order valence-electron chi connectivity index (χ3n) is 5.22.